The number of halogens is 5. The summed E-state index contributed by atoms with van der Waals surface area (Å²) < 4.78 is 82.0. The number of nitrogens with zero attached hydrogens (tertiary/aromatic N) is 4. The highest BCUT2D eigenvalue weighted by Crippen LogP contribution is 2.30. The Morgan fingerprint density at radius 1 is 0.955 bits per heavy atom. The molecular weight excluding hydrogens is 587 g/mol. The van der Waals surface area contributed by atoms with Crippen LogP contribution in [0.1, 0.15) is 38.7 Å². The van der Waals surface area contributed by atoms with Gasteiger partial charge in [0.15, 0.2) is 0 Å². The molecule has 8 nitrogen and oxygen atoms in total. The number of carboxylic acid groups (broad SMARTS) is 1. The van der Waals surface area contributed by atoms with Crippen LogP contribution in [0.2, 0.25) is 0 Å². The summed E-state index contributed by atoms with van der Waals surface area (Å²) in [7, 11) is 1.51. The number of aryl methyl sites for hydroxylation is 1. The van der Waals surface area contributed by atoms with Gasteiger partial charge in [-0.3, -0.25) is 0 Å². The van der Waals surface area contributed by atoms with Crippen molar-refractivity contribution in [2.45, 2.75) is 32.7 Å². The number of alkyl halides is 3. The summed E-state index contributed by atoms with van der Waals surface area (Å²) in [6, 6.07) is 13.1. The van der Waals surface area contributed by atoms with Crippen LogP contribution >= 0.6 is 0 Å². The molecule has 0 saturated heterocycles. The van der Waals surface area contributed by atoms with Gasteiger partial charge in [0.1, 0.15) is 29.8 Å². The Hall–Kier alpha value is -4.91. The third kappa shape index (κ3) is 6.52. The lowest BCUT2D eigenvalue weighted by Gasteiger charge is -2.12. The predicted octanol–water partition coefficient (Wildman–Crippen LogP) is 6.61. The van der Waals surface area contributed by atoms with E-state index in [0.29, 0.717) is 29.0 Å². The van der Waals surface area contributed by atoms with Gasteiger partial charge in [-0.1, -0.05) is 12.1 Å². The van der Waals surface area contributed by atoms with E-state index in [-0.39, 0.29) is 53.6 Å². The lowest BCUT2D eigenvalue weighted by Crippen LogP contribution is -2.10. The molecule has 0 aliphatic rings. The van der Waals surface area contributed by atoms with Crippen molar-refractivity contribution in [3.63, 3.8) is 0 Å². The molecule has 0 saturated carbocycles. The smallest absolute Gasteiger partial charge is 0.433 e. The van der Waals surface area contributed by atoms with Gasteiger partial charge < -0.3 is 19.1 Å². The maximum absolute atomic E-state index is 15.4. The molecule has 0 bridgehead atoms. The van der Waals surface area contributed by atoms with Crippen LogP contribution in [0.3, 0.4) is 0 Å². The second-order valence-corrected chi connectivity index (χ2v) is 9.87. The Kier molecular flexibility index (Phi) is 8.59. The highest BCUT2D eigenvalue weighted by Gasteiger charge is 2.32. The van der Waals surface area contributed by atoms with Crippen molar-refractivity contribution in [1.82, 2.24) is 19.5 Å². The number of hydrogen-bond donors (Lipinski definition) is 1. The summed E-state index contributed by atoms with van der Waals surface area (Å²) in [4.78, 5) is 23.8. The van der Waals surface area contributed by atoms with Crippen LogP contribution in [0.4, 0.5) is 22.0 Å². The quantitative estimate of drug-likeness (QED) is 0.177. The van der Waals surface area contributed by atoms with E-state index in [4.69, 9.17) is 9.47 Å². The Morgan fingerprint density at radius 2 is 1.75 bits per heavy atom. The number of benzene rings is 2. The van der Waals surface area contributed by atoms with E-state index < -0.39 is 29.5 Å². The molecule has 0 aliphatic heterocycles. The summed E-state index contributed by atoms with van der Waals surface area (Å²) in [5.74, 6) is -2.11. The minimum atomic E-state index is -4.57. The Labute approximate surface area is 247 Å². The second kappa shape index (κ2) is 12.4. The minimum Gasteiger partial charge on any atom is -0.478 e. The summed E-state index contributed by atoms with van der Waals surface area (Å²) in [5, 5.41) is 9.39. The van der Waals surface area contributed by atoms with E-state index in [9.17, 15) is 23.1 Å². The summed E-state index contributed by atoms with van der Waals surface area (Å²) in [5.41, 5.74) is 0.606. The predicted molar refractivity (Wildman–Crippen MR) is 149 cm³/mol. The maximum atomic E-state index is 15.4. The molecule has 5 aromatic rings. The molecule has 0 fully saturated rings. The molecule has 3 aromatic heterocycles. The van der Waals surface area contributed by atoms with Gasteiger partial charge >= 0.3 is 12.1 Å². The van der Waals surface area contributed by atoms with Crippen molar-refractivity contribution in [3.05, 3.63) is 106 Å². The summed E-state index contributed by atoms with van der Waals surface area (Å²) >= 11 is 0. The van der Waals surface area contributed by atoms with Crippen LogP contribution in [0, 0.1) is 18.6 Å². The highest BCUT2D eigenvalue weighted by atomic mass is 19.4. The normalized spacial score (nSPS) is 11.7. The molecule has 228 valence electrons. The SMILES string of the molecule is COCCn1c(Cc2cc(F)c(-c3cccc(OCc4ccc(C(F)(F)F)nc4C)n3)cc2F)nc2ccc(C(=O)O)cc21. The molecule has 0 aliphatic carbocycles. The average Bonchev–Trinajstić information content (AvgIpc) is 3.32. The van der Waals surface area contributed by atoms with Crippen molar-refractivity contribution >= 4 is 17.0 Å². The van der Waals surface area contributed by atoms with Gasteiger partial charge in [0.05, 0.1) is 28.9 Å². The van der Waals surface area contributed by atoms with E-state index in [1.807, 2.05) is 0 Å². The standard InChI is InChI=1S/C31H25F5N4O4/c1-17-19(7-9-27(37-17)31(34,35)36)16-44-29-5-3-4-24(39-29)21-15-22(32)20(12-23(21)33)14-28-38-25-8-6-18(30(41)42)13-26(25)40(28)10-11-43-2/h3-9,12-13,15H,10-11,14,16H2,1-2H3,(H,41,42). The molecule has 1 N–H and O–H groups in total. The first kappa shape index (κ1) is 30.5. The number of carbonyl (C=O) groups is 1. The molecule has 0 radical (unpaired) electrons. The molecule has 44 heavy (non-hydrogen) atoms. The first-order valence-electron chi connectivity index (χ1n) is 13.3. The number of pyridine rings is 2. The molecular formula is C31H25F5N4O4. The number of imidazole rings is 1. The number of hydrogen-bond acceptors (Lipinski definition) is 6. The van der Waals surface area contributed by atoms with Crippen LogP contribution in [0.25, 0.3) is 22.3 Å². The summed E-state index contributed by atoms with van der Waals surface area (Å²) in [6.45, 7) is 1.88. The van der Waals surface area contributed by atoms with Crippen LogP contribution in [-0.2, 0) is 30.5 Å². The zero-order valence-corrected chi connectivity index (χ0v) is 23.5. The maximum Gasteiger partial charge on any atom is 0.433 e. The van der Waals surface area contributed by atoms with E-state index in [1.165, 1.54) is 50.4 Å². The first-order chi connectivity index (χ1) is 20.9. The van der Waals surface area contributed by atoms with E-state index in [2.05, 4.69) is 15.0 Å². The number of aromatic carboxylic acids is 1. The van der Waals surface area contributed by atoms with Crippen molar-refractivity contribution < 1.29 is 41.3 Å². The number of fused-ring (bicyclic) bond motifs is 1. The van der Waals surface area contributed by atoms with Crippen LogP contribution in [0.5, 0.6) is 5.88 Å². The Balaban J connectivity index is 1.38. The number of aromatic nitrogens is 4. The first-order valence-corrected chi connectivity index (χ1v) is 13.3. The fourth-order valence-corrected chi connectivity index (χ4v) is 4.66. The van der Waals surface area contributed by atoms with Gasteiger partial charge in [-0.25, -0.2) is 28.5 Å². The van der Waals surface area contributed by atoms with Crippen molar-refractivity contribution in [1.29, 1.82) is 0 Å². The van der Waals surface area contributed by atoms with Crippen molar-refractivity contribution in [2.24, 2.45) is 0 Å². The van der Waals surface area contributed by atoms with Crippen LogP contribution in [-0.4, -0.2) is 44.3 Å². The lowest BCUT2D eigenvalue weighted by molar-refractivity contribution is -0.141. The van der Waals surface area contributed by atoms with Gasteiger partial charge in [-0.15, -0.1) is 0 Å². The van der Waals surface area contributed by atoms with Gasteiger partial charge in [0, 0.05) is 43.0 Å². The summed E-state index contributed by atoms with van der Waals surface area (Å²) in [6.07, 6.45) is -4.65. The third-order valence-corrected chi connectivity index (χ3v) is 6.94. The van der Waals surface area contributed by atoms with Gasteiger partial charge in [0.25, 0.3) is 0 Å². The topological polar surface area (TPSA) is 99.4 Å². The molecule has 13 heteroatoms. The monoisotopic (exact) mass is 612 g/mol. The fraction of sp³-hybridized carbons (Fsp3) is 0.226. The van der Waals surface area contributed by atoms with E-state index >= 15 is 8.78 Å². The molecule has 0 spiro atoms. The van der Waals surface area contributed by atoms with E-state index in [0.717, 1.165) is 18.2 Å². The molecule has 0 atom stereocenters. The number of methoxy groups -OCH3 is 1. The van der Waals surface area contributed by atoms with Gasteiger partial charge in [0.2, 0.25) is 5.88 Å². The van der Waals surface area contributed by atoms with Crippen LogP contribution < -0.4 is 4.74 Å². The number of rotatable bonds is 10. The molecule has 0 amide bonds. The number of ether oxygens (including phenoxy) is 2. The molecule has 0 unspecified atom stereocenters. The van der Waals surface area contributed by atoms with Crippen molar-refractivity contribution in [3.8, 4) is 17.1 Å². The third-order valence-electron chi connectivity index (χ3n) is 6.94. The molecule has 5 rings (SSSR count). The molecule has 3 heterocycles. The zero-order valence-electron chi connectivity index (χ0n) is 23.5. The van der Waals surface area contributed by atoms with Gasteiger partial charge in [-0.2, -0.15) is 13.2 Å². The lowest BCUT2D eigenvalue weighted by atomic mass is 10.0. The van der Waals surface area contributed by atoms with Crippen LogP contribution in [0.15, 0.2) is 60.7 Å². The molecule has 2 aromatic carbocycles. The van der Waals surface area contributed by atoms with E-state index in [1.54, 1.807) is 10.6 Å². The van der Waals surface area contributed by atoms with Crippen molar-refractivity contribution in [2.75, 3.05) is 13.7 Å². The largest absolute Gasteiger partial charge is 0.478 e. The number of carboxylic acids is 1. The Morgan fingerprint density at radius 3 is 2.45 bits per heavy atom. The fourth-order valence-electron chi connectivity index (χ4n) is 4.66. The Bertz CT molecular complexity index is 1860. The van der Waals surface area contributed by atoms with Gasteiger partial charge in [-0.05, 0) is 55.0 Å². The minimum absolute atomic E-state index is 0.0244. The second-order valence-electron chi connectivity index (χ2n) is 9.87. The average molecular weight is 613 g/mol. The zero-order chi connectivity index (χ0) is 31.6. The highest BCUT2D eigenvalue weighted by molar-refractivity contribution is 5.92.